The summed E-state index contributed by atoms with van der Waals surface area (Å²) in [6.07, 6.45) is 1.47. The molecule has 3 N–H and O–H groups in total. The summed E-state index contributed by atoms with van der Waals surface area (Å²) in [6.45, 7) is 0. The van der Waals surface area contributed by atoms with Gasteiger partial charge in [-0.1, -0.05) is 6.07 Å². The van der Waals surface area contributed by atoms with E-state index in [0.29, 0.717) is 11.5 Å². The third-order valence-corrected chi connectivity index (χ3v) is 3.66. The highest BCUT2D eigenvalue weighted by atomic mass is 19.2. The van der Waals surface area contributed by atoms with Crippen LogP contribution in [-0.4, -0.2) is 29.1 Å². The molecule has 0 bridgehead atoms. The highest BCUT2D eigenvalue weighted by Gasteiger charge is 2.25. The van der Waals surface area contributed by atoms with E-state index in [9.17, 15) is 18.4 Å². The molecule has 2 aromatic heterocycles. The number of carbonyl (C=O) groups excluding carboxylic acids is 2. The number of hydrogen-bond acceptors (Lipinski definition) is 4. The van der Waals surface area contributed by atoms with Gasteiger partial charge in [-0.25, -0.2) is 8.78 Å². The lowest BCUT2D eigenvalue weighted by atomic mass is 10.1. The molecule has 9 heteroatoms. The zero-order valence-electron chi connectivity index (χ0n) is 13.5. The van der Waals surface area contributed by atoms with Crippen molar-refractivity contribution in [2.45, 2.75) is 6.04 Å². The Bertz CT molecular complexity index is 937. The molecule has 1 aromatic carbocycles. The number of carbonyl (C=O) groups is 2. The molecule has 3 rings (SSSR count). The lowest BCUT2D eigenvalue weighted by molar-refractivity contribution is -0.122. The fraction of sp³-hybridized carbons (Fsp3) is 0.118. The quantitative estimate of drug-likeness (QED) is 0.649. The molecule has 0 saturated heterocycles. The van der Waals surface area contributed by atoms with Gasteiger partial charge in [0.05, 0.1) is 6.26 Å². The molecule has 2 amide bonds. The number of furan rings is 1. The van der Waals surface area contributed by atoms with Crippen LogP contribution in [-0.2, 0) is 4.79 Å². The van der Waals surface area contributed by atoms with Gasteiger partial charge in [-0.2, -0.15) is 5.10 Å². The Labute approximate surface area is 146 Å². The summed E-state index contributed by atoms with van der Waals surface area (Å²) in [5, 5.41) is 11.3. The first kappa shape index (κ1) is 17.3. The van der Waals surface area contributed by atoms with Gasteiger partial charge in [-0.3, -0.25) is 14.7 Å². The first-order valence-corrected chi connectivity index (χ1v) is 7.56. The monoisotopic (exact) mass is 360 g/mol. The van der Waals surface area contributed by atoms with Crippen molar-refractivity contribution in [1.82, 2.24) is 20.8 Å². The van der Waals surface area contributed by atoms with E-state index in [1.807, 2.05) is 0 Å². The lowest BCUT2D eigenvalue weighted by Crippen LogP contribution is -2.39. The molecule has 7 nitrogen and oxygen atoms in total. The Morgan fingerprint density at radius 3 is 2.65 bits per heavy atom. The Morgan fingerprint density at radius 1 is 1.19 bits per heavy atom. The molecule has 0 spiro atoms. The van der Waals surface area contributed by atoms with Crippen LogP contribution in [0.2, 0.25) is 0 Å². The van der Waals surface area contributed by atoms with Gasteiger partial charge in [0.15, 0.2) is 23.1 Å². The van der Waals surface area contributed by atoms with Gasteiger partial charge in [0.1, 0.15) is 11.7 Å². The number of halogens is 2. The van der Waals surface area contributed by atoms with Crippen LogP contribution in [0.3, 0.4) is 0 Å². The second kappa shape index (κ2) is 7.18. The number of hydrogen-bond donors (Lipinski definition) is 3. The molecule has 1 unspecified atom stereocenters. The second-order valence-corrected chi connectivity index (χ2v) is 5.34. The van der Waals surface area contributed by atoms with Crippen molar-refractivity contribution in [2.75, 3.05) is 7.05 Å². The number of H-pyrrole nitrogens is 1. The summed E-state index contributed by atoms with van der Waals surface area (Å²) >= 11 is 0. The van der Waals surface area contributed by atoms with Gasteiger partial charge < -0.3 is 15.1 Å². The van der Waals surface area contributed by atoms with E-state index >= 15 is 0 Å². The smallest absolute Gasteiger partial charge is 0.272 e. The van der Waals surface area contributed by atoms with Crippen molar-refractivity contribution in [3.63, 3.8) is 0 Å². The number of aromatic nitrogens is 2. The molecular formula is C17H14F2N4O3. The fourth-order valence-corrected chi connectivity index (χ4v) is 2.34. The van der Waals surface area contributed by atoms with Crippen LogP contribution in [0.15, 0.2) is 47.1 Å². The fourth-order valence-electron chi connectivity index (χ4n) is 2.34. The van der Waals surface area contributed by atoms with Crippen molar-refractivity contribution < 1.29 is 22.8 Å². The van der Waals surface area contributed by atoms with E-state index in [0.717, 1.165) is 12.1 Å². The summed E-state index contributed by atoms with van der Waals surface area (Å²) in [5.74, 6) is -2.94. The van der Waals surface area contributed by atoms with Crippen LogP contribution in [0, 0.1) is 11.6 Å². The number of likely N-dealkylation sites (N-methyl/N-ethyl adjacent to an activating group) is 1. The predicted molar refractivity (Wildman–Crippen MR) is 86.9 cm³/mol. The predicted octanol–water partition coefficient (Wildman–Crippen LogP) is 2.16. The number of aromatic amines is 1. The molecule has 0 radical (unpaired) electrons. The summed E-state index contributed by atoms with van der Waals surface area (Å²) in [7, 11) is 1.37. The highest BCUT2D eigenvalue weighted by Crippen LogP contribution is 2.20. The maximum absolute atomic E-state index is 13.5. The molecule has 0 aliphatic heterocycles. The molecule has 134 valence electrons. The van der Waals surface area contributed by atoms with Crippen molar-refractivity contribution in [2.24, 2.45) is 0 Å². The van der Waals surface area contributed by atoms with Gasteiger partial charge in [0.25, 0.3) is 5.91 Å². The molecular weight excluding hydrogens is 346 g/mol. The second-order valence-electron chi connectivity index (χ2n) is 5.34. The van der Waals surface area contributed by atoms with Crippen LogP contribution in [0.25, 0.3) is 11.5 Å². The highest BCUT2D eigenvalue weighted by molar-refractivity contribution is 5.97. The minimum absolute atomic E-state index is 0.00730. The summed E-state index contributed by atoms with van der Waals surface area (Å²) in [6, 6.07) is 6.55. The maximum atomic E-state index is 13.5. The summed E-state index contributed by atoms with van der Waals surface area (Å²) in [5.41, 5.74) is 0.579. The van der Waals surface area contributed by atoms with Crippen LogP contribution in [0.1, 0.15) is 22.1 Å². The van der Waals surface area contributed by atoms with Crippen molar-refractivity contribution in [3.8, 4) is 11.5 Å². The van der Waals surface area contributed by atoms with Crippen LogP contribution < -0.4 is 10.6 Å². The van der Waals surface area contributed by atoms with E-state index in [1.54, 1.807) is 12.1 Å². The van der Waals surface area contributed by atoms with Gasteiger partial charge in [0, 0.05) is 13.1 Å². The van der Waals surface area contributed by atoms with E-state index in [-0.39, 0.29) is 11.3 Å². The van der Waals surface area contributed by atoms with E-state index in [4.69, 9.17) is 4.42 Å². The molecule has 2 heterocycles. The molecule has 3 aromatic rings. The maximum Gasteiger partial charge on any atom is 0.272 e. The van der Waals surface area contributed by atoms with Gasteiger partial charge >= 0.3 is 0 Å². The van der Waals surface area contributed by atoms with Crippen molar-refractivity contribution in [3.05, 3.63) is 65.6 Å². The zero-order valence-corrected chi connectivity index (χ0v) is 13.5. The average molecular weight is 360 g/mol. The van der Waals surface area contributed by atoms with E-state index < -0.39 is 29.5 Å². The largest absolute Gasteiger partial charge is 0.463 e. The summed E-state index contributed by atoms with van der Waals surface area (Å²) < 4.78 is 31.8. The van der Waals surface area contributed by atoms with E-state index in [1.165, 1.54) is 25.4 Å². The van der Waals surface area contributed by atoms with Crippen molar-refractivity contribution in [1.29, 1.82) is 0 Å². The molecule has 1 atom stereocenters. The lowest BCUT2D eigenvalue weighted by Gasteiger charge is -2.17. The number of nitrogens with one attached hydrogen (secondary N) is 3. The first-order chi connectivity index (χ1) is 12.5. The zero-order chi connectivity index (χ0) is 18.7. The van der Waals surface area contributed by atoms with Gasteiger partial charge in [-0.15, -0.1) is 0 Å². The van der Waals surface area contributed by atoms with Crippen LogP contribution in [0.4, 0.5) is 8.78 Å². The van der Waals surface area contributed by atoms with Crippen molar-refractivity contribution >= 4 is 11.8 Å². The molecule has 26 heavy (non-hydrogen) atoms. The number of amides is 2. The third-order valence-electron chi connectivity index (χ3n) is 3.66. The van der Waals surface area contributed by atoms with Crippen LogP contribution >= 0.6 is 0 Å². The molecule has 0 aliphatic carbocycles. The molecule has 0 saturated carbocycles. The average Bonchev–Trinajstić information content (AvgIpc) is 3.32. The van der Waals surface area contributed by atoms with E-state index in [2.05, 4.69) is 20.8 Å². The summed E-state index contributed by atoms with van der Waals surface area (Å²) in [4.78, 5) is 24.5. The number of benzene rings is 1. The Kier molecular flexibility index (Phi) is 4.78. The SMILES string of the molecule is CNC(=O)C(NC(=O)c1cc(-c2ccco2)[nH]n1)c1ccc(F)c(F)c1. The minimum Gasteiger partial charge on any atom is -0.463 e. The van der Waals surface area contributed by atoms with Gasteiger partial charge in [-0.05, 0) is 29.8 Å². The Hall–Kier alpha value is -3.49. The Balaban J connectivity index is 1.83. The molecule has 0 fully saturated rings. The molecule has 0 aliphatic rings. The normalized spacial score (nSPS) is 11.8. The Morgan fingerprint density at radius 2 is 2.00 bits per heavy atom. The first-order valence-electron chi connectivity index (χ1n) is 7.56. The van der Waals surface area contributed by atoms with Crippen LogP contribution in [0.5, 0.6) is 0 Å². The topological polar surface area (TPSA) is 100 Å². The van der Waals surface area contributed by atoms with Gasteiger partial charge in [0.2, 0.25) is 5.91 Å². The minimum atomic E-state index is -1.22. The standard InChI is InChI=1S/C17H14F2N4O3/c1-20-17(25)15(9-4-5-10(18)11(19)7-9)21-16(24)13-8-12(22-23-13)14-3-2-6-26-14/h2-8,15H,1H3,(H,20,25)(H,21,24)(H,22,23). The number of rotatable bonds is 5. The third kappa shape index (κ3) is 3.46. The number of nitrogens with zero attached hydrogens (tertiary/aromatic N) is 1.